The van der Waals surface area contributed by atoms with E-state index in [2.05, 4.69) is 5.32 Å². The Labute approximate surface area is 124 Å². The first-order chi connectivity index (χ1) is 9.47. The molecule has 1 unspecified atom stereocenters. The van der Waals surface area contributed by atoms with Crippen LogP contribution in [0.15, 0.2) is 12.1 Å². The average Bonchev–Trinajstić information content (AvgIpc) is 2.36. The van der Waals surface area contributed by atoms with Gasteiger partial charge in [-0.05, 0) is 26.3 Å². The minimum absolute atomic E-state index is 0.0509. The predicted octanol–water partition coefficient (Wildman–Crippen LogP) is 1.75. The Balaban J connectivity index is 2.97. The van der Waals surface area contributed by atoms with Gasteiger partial charge in [-0.3, -0.25) is 4.79 Å². The van der Waals surface area contributed by atoms with Crippen LogP contribution in [-0.4, -0.2) is 32.2 Å². The Morgan fingerprint density at radius 2 is 2.20 bits per heavy atom. The summed E-state index contributed by atoms with van der Waals surface area (Å²) in [6, 6.07) is 3.38. The van der Waals surface area contributed by atoms with Crippen LogP contribution in [-0.2, 0) is 11.2 Å². The smallest absolute Gasteiger partial charge is 0.257 e. The monoisotopic (exact) mass is 300 g/mol. The quantitative estimate of drug-likeness (QED) is 0.804. The molecule has 1 amide bonds. The Kier molecular flexibility index (Phi) is 6.61. The van der Waals surface area contributed by atoms with Crippen LogP contribution in [0.2, 0.25) is 5.02 Å². The molecule has 112 valence electrons. The third-order valence-electron chi connectivity index (χ3n) is 2.58. The van der Waals surface area contributed by atoms with Crippen molar-refractivity contribution >= 4 is 17.5 Å². The standard InChI is InChI=1S/C14H21ClN2O3/c1-4-17-13(18)8-20-14-10(5-9(2)16)6-11(15)7-12(14)19-3/h6-7,9H,4-5,8,16H2,1-3H3,(H,17,18). The second-order valence-corrected chi connectivity index (χ2v) is 4.96. The van der Waals surface area contributed by atoms with Crippen molar-refractivity contribution in [1.29, 1.82) is 0 Å². The molecule has 0 heterocycles. The van der Waals surface area contributed by atoms with Crippen molar-refractivity contribution in [3.8, 4) is 11.5 Å². The van der Waals surface area contributed by atoms with Crippen molar-refractivity contribution in [1.82, 2.24) is 5.32 Å². The molecule has 0 aliphatic carbocycles. The Bertz CT molecular complexity index is 464. The summed E-state index contributed by atoms with van der Waals surface area (Å²) in [5.41, 5.74) is 6.65. The minimum atomic E-state index is -0.184. The van der Waals surface area contributed by atoms with E-state index in [0.29, 0.717) is 29.5 Å². The largest absolute Gasteiger partial charge is 0.493 e. The number of carbonyl (C=O) groups excluding carboxylic acids is 1. The molecule has 0 aliphatic heterocycles. The predicted molar refractivity (Wildman–Crippen MR) is 79.5 cm³/mol. The van der Waals surface area contributed by atoms with Gasteiger partial charge in [0.2, 0.25) is 0 Å². The molecule has 1 atom stereocenters. The lowest BCUT2D eigenvalue weighted by molar-refractivity contribution is -0.123. The van der Waals surface area contributed by atoms with Gasteiger partial charge in [-0.2, -0.15) is 0 Å². The summed E-state index contributed by atoms with van der Waals surface area (Å²) >= 11 is 6.04. The highest BCUT2D eigenvalue weighted by molar-refractivity contribution is 6.30. The first-order valence-corrected chi connectivity index (χ1v) is 6.87. The maximum absolute atomic E-state index is 11.5. The van der Waals surface area contributed by atoms with Crippen LogP contribution in [0.4, 0.5) is 0 Å². The summed E-state index contributed by atoms with van der Waals surface area (Å²) < 4.78 is 10.8. The molecule has 1 aromatic rings. The van der Waals surface area contributed by atoms with Crippen molar-refractivity contribution in [3.05, 3.63) is 22.7 Å². The molecule has 20 heavy (non-hydrogen) atoms. The lowest BCUT2D eigenvalue weighted by atomic mass is 10.1. The number of hydrogen-bond donors (Lipinski definition) is 2. The molecule has 0 aromatic heterocycles. The number of amides is 1. The van der Waals surface area contributed by atoms with Crippen LogP contribution in [0.5, 0.6) is 11.5 Å². The summed E-state index contributed by atoms with van der Waals surface area (Å²) in [5.74, 6) is 0.828. The van der Waals surface area contributed by atoms with Crippen LogP contribution in [0.1, 0.15) is 19.4 Å². The van der Waals surface area contributed by atoms with Gasteiger partial charge < -0.3 is 20.5 Å². The molecule has 5 nitrogen and oxygen atoms in total. The molecule has 0 fully saturated rings. The van der Waals surface area contributed by atoms with E-state index in [1.165, 1.54) is 7.11 Å². The normalized spacial score (nSPS) is 11.8. The van der Waals surface area contributed by atoms with Gasteiger partial charge in [0.25, 0.3) is 5.91 Å². The van der Waals surface area contributed by atoms with Crippen molar-refractivity contribution in [2.75, 3.05) is 20.3 Å². The number of nitrogens with two attached hydrogens (primary N) is 1. The van der Waals surface area contributed by atoms with E-state index in [-0.39, 0.29) is 18.6 Å². The van der Waals surface area contributed by atoms with E-state index in [9.17, 15) is 4.79 Å². The van der Waals surface area contributed by atoms with Crippen molar-refractivity contribution in [2.45, 2.75) is 26.3 Å². The van der Waals surface area contributed by atoms with E-state index in [4.69, 9.17) is 26.8 Å². The van der Waals surface area contributed by atoms with Gasteiger partial charge in [-0.25, -0.2) is 0 Å². The summed E-state index contributed by atoms with van der Waals surface area (Å²) in [6.07, 6.45) is 0.585. The highest BCUT2D eigenvalue weighted by Gasteiger charge is 2.15. The first-order valence-electron chi connectivity index (χ1n) is 6.49. The fourth-order valence-corrected chi connectivity index (χ4v) is 2.05. The van der Waals surface area contributed by atoms with Gasteiger partial charge in [-0.1, -0.05) is 11.6 Å². The molecular formula is C14H21ClN2O3. The molecule has 0 saturated carbocycles. The molecule has 1 rings (SSSR count). The third kappa shape index (κ3) is 4.90. The van der Waals surface area contributed by atoms with Crippen molar-refractivity contribution < 1.29 is 14.3 Å². The zero-order valence-electron chi connectivity index (χ0n) is 12.0. The van der Waals surface area contributed by atoms with Gasteiger partial charge in [0.15, 0.2) is 18.1 Å². The molecule has 3 N–H and O–H groups in total. The van der Waals surface area contributed by atoms with Gasteiger partial charge in [-0.15, -0.1) is 0 Å². The number of ether oxygens (including phenoxy) is 2. The summed E-state index contributed by atoms with van der Waals surface area (Å²) in [7, 11) is 1.53. The number of benzene rings is 1. The van der Waals surface area contributed by atoms with E-state index >= 15 is 0 Å². The van der Waals surface area contributed by atoms with E-state index < -0.39 is 0 Å². The van der Waals surface area contributed by atoms with Crippen LogP contribution < -0.4 is 20.5 Å². The minimum Gasteiger partial charge on any atom is -0.493 e. The molecule has 0 spiro atoms. The highest BCUT2D eigenvalue weighted by Crippen LogP contribution is 2.35. The lowest BCUT2D eigenvalue weighted by Gasteiger charge is -2.16. The second kappa shape index (κ2) is 7.97. The molecule has 6 heteroatoms. The van der Waals surface area contributed by atoms with Gasteiger partial charge in [0.05, 0.1) is 7.11 Å². The molecule has 0 saturated heterocycles. The van der Waals surface area contributed by atoms with Crippen LogP contribution in [0.3, 0.4) is 0 Å². The lowest BCUT2D eigenvalue weighted by Crippen LogP contribution is -2.28. The maximum atomic E-state index is 11.5. The zero-order valence-corrected chi connectivity index (χ0v) is 12.8. The van der Waals surface area contributed by atoms with E-state index in [0.717, 1.165) is 5.56 Å². The number of rotatable bonds is 7. The fraction of sp³-hybridized carbons (Fsp3) is 0.500. The Morgan fingerprint density at radius 1 is 1.50 bits per heavy atom. The molecule has 0 bridgehead atoms. The average molecular weight is 301 g/mol. The number of nitrogens with one attached hydrogen (secondary N) is 1. The number of hydrogen-bond acceptors (Lipinski definition) is 4. The summed E-state index contributed by atoms with van der Waals surface area (Å²) in [4.78, 5) is 11.5. The number of methoxy groups -OCH3 is 1. The summed E-state index contributed by atoms with van der Waals surface area (Å²) in [6.45, 7) is 4.23. The topological polar surface area (TPSA) is 73.6 Å². The number of likely N-dealkylation sites (N-methyl/N-ethyl adjacent to an activating group) is 1. The van der Waals surface area contributed by atoms with Crippen molar-refractivity contribution in [3.63, 3.8) is 0 Å². The molecule has 0 radical (unpaired) electrons. The second-order valence-electron chi connectivity index (χ2n) is 4.52. The Morgan fingerprint density at radius 3 is 2.75 bits per heavy atom. The molecular weight excluding hydrogens is 280 g/mol. The van der Waals surface area contributed by atoms with Crippen molar-refractivity contribution in [2.24, 2.45) is 5.73 Å². The first kappa shape index (κ1) is 16.6. The van der Waals surface area contributed by atoms with Crippen LogP contribution in [0.25, 0.3) is 0 Å². The van der Waals surface area contributed by atoms with Crippen LogP contribution in [0, 0.1) is 0 Å². The van der Waals surface area contributed by atoms with E-state index in [1.54, 1.807) is 12.1 Å². The SMILES string of the molecule is CCNC(=O)COc1c(CC(C)N)cc(Cl)cc1OC. The van der Waals surface area contributed by atoms with Crippen LogP contribution >= 0.6 is 11.6 Å². The number of carbonyl (C=O) groups is 1. The molecule has 0 aliphatic rings. The third-order valence-corrected chi connectivity index (χ3v) is 2.80. The van der Waals surface area contributed by atoms with Gasteiger partial charge in [0.1, 0.15) is 0 Å². The fourth-order valence-electron chi connectivity index (χ4n) is 1.82. The van der Waals surface area contributed by atoms with Gasteiger partial charge >= 0.3 is 0 Å². The molecule has 1 aromatic carbocycles. The number of halogens is 1. The Hall–Kier alpha value is -1.46. The highest BCUT2D eigenvalue weighted by atomic mass is 35.5. The van der Waals surface area contributed by atoms with E-state index in [1.807, 2.05) is 13.8 Å². The summed E-state index contributed by atoms with van der Waals surface area (Å²) in [5, 5.41) is 3.21. The van der Waals surface area contributed by atoms with Gasteiger partial charge in [0, 0.05) is 29.2 Å². The zero-order chi connectivity index (χ0) is 15.1. The maximum Gasteiger partial charge on any atom is 0.257 e.